The zero-order chi connectivity index (χ0) is 19.0. The molecule has 2 aromatic heterocycles. The molecule has 0 radical (unpaired) electrons. The van der Waals surface area contributed by atoms with Crippen molar-refractivity contribution in [2.24, 2.45) is 0 Å². The second-order valence-electron chi connectivity index (χ2n) is 7.07. The molecule has 0 saturated carbocycles. The van der Waals surface area contributed by atoms with E-state index in [1.807, 2.05) is 17.3 Å². The van der Waals surface area contributed by atoms with Crippen LogP contribution in [0.5, 0.6) is 0 Å². The molecule has 9 heteroatoms. The smallest absolute Gasteiger partial charge is 0.342 e. The first-order chi connectivity index (χ1) is 12.9. The van der Waals surface area contributed by atoms with Gasteiger partial charge in [-0.25, -0.2) is 9.18 Å². The topological polar surface area (TPSA) is 85.5 Å². The predicted molar refractivity (Wildman–Crippen MR) is 101 cm³/mol. The fraction of sp³-hybridized carbons (Fsp3) is 0.333. The summed E-state index contributed by atoms with van der Waals surface area (Å²) in [5, 5.41) is 21.3. The lowest BCUT2D eigenvalue weighted by Gasteiger charge is -2.32. The molecule has 2 aliphatic rings. The number of aromatic nitrogens is 1. The van der Waals surface area contributed by atoms with Crippen molar-refractivity contribution in [3.63, 3.8) is 0 Å². The summed E-state index contributed by atoms with van der Waals surface area (Å²) in [6, 6.07) is 1.14. The van der Waals surface area contributed by atoms with E-state index in [0.29, 0.717) is 47.8 Å². The molecular weight excluding hydrogens is 373 g/mol. The van der Waals surface area contributed by atoms with Crippen LogP contribution in [0.15, 0.2) is 16.2 Å². The number of benzene rings is 1. The number of nitrogens with zero attached hydrogens (tertiary/aromatic N) is 3. The Balaban J connectivity index is 1.98. The predicted octanol–water partition coefficient (Wildman–Crippen LogP) is 1.87. The maximum atomic E-state index is 15.1. The molecule has 1 atom stereocenters. The molecule has 1 aromatic carbocycles. The Morgan fingerprint density at radius 1 is 1.37 bits per heavy atom. The number of hydrogen-bond acceptors (Lipinski definition) is 6. The number of aliphatic hydroxyl groups excluding tert-OH is 1. The minimum Gasteiger partial charge on any atom is -0.477 e. The second kappa shape index (κ2) is 5.43. The van der Waals surface area contributed by atoms with E-state index in [2.05, 4.69) is 0 Å². The summed E-state index contributed by atoms with van der Waals surface area (Å²) in [4.78, 5) is 28.6. The minimum atomic E-state index is -1.31. The highest BCUT2D eigenvalue weighted by molar-refractivity contribution is 7.16. The number of carboxylic acids is 1. The summed E-state index contributed by atoms with van der Waals surface area (Å²) in [6.07, 6.45) is 0.0347. The van der Waals surface area contributed by atoms with E-state index in [0.717, 1.165) is 11.8 Å². The van der Waals surface area contributed by atoms with Crippen molar-refractivity contribution in [2.75, 3.05) is 29.9 Å². The molecule has 0 bridgehead atoms. The second-order valence-corrected chi connectivity index (χ2v) is 7.93. The Kier molecular flexibility index (Phi) is 3.32. The lowest BCUT2D eigenvalue weighted by molar-refractivity contribution is 0.0697. The van der Waals surface area contributed by atoms with Crippen molar-refractivity contribution in [2.45, 2.75) is 19.1 Å². The van der Waals surface area contributed by atoms with Crippen LogP contribution >= 0.6 is 11.3 Å². The van der Waals surface area contributed by atoms with Crippen molar-refractivity contribution in [1.82, 2.24) is 4.40 Å². The number of aliphatic hydroxyl groups is 1. The molecule has 4 heterocycles. The van der Waals surface area contributed by atoms with E-state index in [9.17, 15) is 19.8 Å². The van der Waals surface area contributed by atoms with Crippen molar-refractivity contribution in [3.05, 3.63) is 38.7 Å². The normalized spacial score (nSPS) is 19.0. The lowest BCUT2D eigenvalue weighted by atomic mass is 10.0. The van der Waals surface area contributed by atoms with Crippen molar-refractivity contribution < 1.29 is 19.4 Å². The molecule has 3 aromatic rings. The molecule has 1 unspecified atom stereocenters. The maximum absolute atomic E-state index is 15.1. The Labute approximate surface area is 156 Å². The first-order valence-corrected chi connectivity index (χ1v) is 9.45. The molecular formula is C18H16FN3O4S. The average molecular weight is 389 g/mol. The van der Waals surface area contributed by atoms with Gasteiger partial charge in [-0.15, -0.1) is 11.3 Å². The van der Waals surface area contributed by atoms with E-state index < -0.39 is 23.3 Å². The van der Waals surface area contributed by atoms with Gasteiger partial charge < -0.3 is 20.0 Å². The average Bonchev–Trinajstić information content (AvgIpc) is 3.20. The van der Waals surface area contributed by atoms with Crippen LogP contribution in [0.25, 0.3) is 15.7 Å². The van der Waals surface area contributed by atoms with E-state index in [-0.39, 0.29) is 10.9 Å². The van der Waals surface area contributed by atoms with Crippen LogP contribution < -0.4 is 15.2 Å². The number of carboxylic acid groups (broad SMARTS) is 1. The van der Waals surface area contributed by atoms with Gasteiger partial charge in [0.2, 0.25) is 5.43 Å². The highest BCUT2D eigenvalue weighted by Gasteiger charge is 2.33. The first-order valence-electron chi connectivity index (χ1n) is 8.57. The van der Waals surface area contributed by atoms with Gasteiger partial charge in [-0.05, 0) is 12.5 Å². The zero-order valence-electron chi connectivity index (χ0n) is 14.4. The molecule has 0 spiro atoms. The van der Waals surface area contributed by atoms with Crippen LogP contribution in [-0.4, -0.2) is 46.8 Å². The SMILES string of the molecule is CN1Cc2csc3c(C(=O)O)c(=O)c4cc(F)c(N5CCC(O)C5)c1c4n23. The van der Waals surface area contributed by atoms with Gasteiger partial charge in [0.25, 0.3) is 0 Å². The van der Waals surface area contributed by atoms with Crippen LogP contribution in [0, 0.1) is 5.82 Å². The monoisotopic (exact) mass is 389 g/mol. The third kappa shape index (κ3) is 2.09. The molecule has 7 nitrogen and oxygen atoms in total. The highest BCUT2D eigenvalue weighted by Crippen LogP contribution is 2.44. The highest BCUT2D eigenvalue weighted by atomic mass is 32.1. The molecule has 0 aliphatic carbocycles. The minimum absolute atomic E-state index is 0.0621. The Bertz CT molecular complexity index is 1200. The summed E-state index contributed by atoms with van der Waals surface area (Å²) in [7, 11) is 1.83. The Morgan fingerprint density at radius 2 is 2.15 bits per heavy atom. The van der Waals surface area contributed by atoms with Crippen molar-refractivity contribution in [1.29, 1.82) is 0 Å². The van der Waals surface area contributed by atoms with Gasteiger partial charge in [0.15, 0.2) is 0 Å². The van der Waals surface area contributed by atoms with E-state index >= 15 is 4.39 Å². The van der Waals surface area contributed by atoms with Crippen LogP contribution in [0.1, 0.15) is 22.5 Å². The number of carbonyl (C=O) groups is 1. The van der Waals surface area contributed by atoms with Crippen LogP contribution in [0.3, 0.4) is 0 Å². The Morgan fingerprint density at radius 3 is 2.81 bits per heavy atom. The number of rotatable bonds is 2. The van der Waals surface area contributed by atoms with E-state index in [1.165, 1.54) is 11.3 Å². The summed E-state index contributed by atoms with van der Waals surface area (Å²) in [6.45, 7) is 1.31. The molecule has 2 N–H and O–H groups in total. The number of halogens is 1. The lowest BCUT2D eigenvalue weighted by Crippen LogP contribution is -2.31. The van der Waals surface area contributed by atoms with Crippen LogP contribution in [0.2, 0.25) is 0 Å². The number of pyridine rings is 1. The summed E-state index contributed by atoms with van der Waals surface area (Å²) in [5.41, 5.74) is 1.32. The molecule has 27 heavy (non-hydrogen) atoms. The largest absolute Gasteiger partial charge is 0.477 e. The summed E-state index contributed by atoms with van der Waals surface area (Å²) >= 11 is 1.21. The van der Waals surface area contributed by atoms with E-state index in [1.54, 1.807) is 9.30 Å². The quantitative estimate of drug-likeness (QED) is 0.696. The van der Waals surface area contributed by atoms with Gasteiger partial charge in [-0.1, -0.05) is 0 Å². The zero-order valence-corrected chi connectivity index (χ0v) is 15.2. The summed E-state index contributed by atoms with van der Waals surface area (Å²) < 4.78 is 16.9. The van der Waals surface area contributed by atoms with Gasteiger partial charge in [0, 0.05) is 25.5 Å². The number of thiazole rings is 1. The Hall–Kier alpha value is -2.65. The van der Waals surface area contributed by atoms with Gasteiger partial charge in [0.05, 0.1) is 40.6 Å². The molecule has 2 aliphatic heterocycles. The number of anilines is 2. The van der Waals surface area contributed by atoms with Gasteiger partial charge in [-0.2, -0.15) is 0 Å². The van der Waals surface area contributed by atoms with Crippen LogP contribution in [0.4, 0.5) is 15.8 Å². The molecule has 1 saturated heterocycles. The van der Waals surface area contributed by atoms with E-state index in [4.69, 9.17) is 0 Å². The van der Waals surface area contributed by atoms with Crippen LogP contribution in [-0.2, 0) is 6.54 Å². The molecule has 0 amide bonds. The third-order valence-electron chi connectivity index (χ3n) is 5.38. The standard InChI is InChI=1S/C18H16FN3O4S/c1-20-5-8-7-27-17-12(18(25)26)16(24)10-4-11(19)14(15(20)13(10)22(8)17)21-3-2-9(23)6-21/h4,7,9,23H,2-3,5-6H2,1H3,(H,25,26). The molecule has 140 valence electrons. The van der Waals surface area contributed by atoms with Gasteiger partial charge >= 0.3 is 5.97 Å². The number of β-amino-alcohol motifs (C(OH)–C–C–N with tert-alkyl or cyclic N) is 1. The third-order valence-corrected chi connectivity index (χ3v) is 6.38. The fourth-order valence-corrected chi connectivity index (χ4v) is 5.29. The first kappa shape index (κ1) is 16.5. The maximum Gasteiger partial charge on any atom is 0.342 e. The molecule has 1 fully saturated rings. The number of hydrogen-bond donors (Lipinski definition) is 2. The number of aromatic carboxylic acids is 1. The van der Waals surface area contributed by atoms with Gasteiger partial charge in [-0.3, -0.25) is 9.20 Å². The van der Waals surface area contributed by atoms with Gasteiger partial charge in [0.1, 0.15) is 16.2 Å². The summed E-state index contributed by atoms with van der Waals surface area (Å²) in [5.74, 6) is -1.89. The van der Waals surface area contributed by atoms with Crippen molar-refractivity contribution >= 4 is 44.4 Å². The molecule has 5 rings (SSSR count). The fourth-order valence-electron chi connectivity index (χ4n) is 4.25. The van der Waals surface area contributed by atoms with Crippen molar-refractivity contribution in [3.8, 4) is 0 Å².